The second kappa shape index (κ2) is 39.3. The number of carbonyl (C=O) groups is 9. The van der Waals surface area contributed by atoms with Crippen LogP contribution in [0, 0.1) is 23.7 Å². The fourth-order valence-corrected chi connectivity index (χ4v) is 14.9. The molecule has 1 spiro atoms. The van der Waals surface area contributed by atoms with Crippen LogP contribution >= 0.6 is 0 Å². The molecule has 105 heavy (non-hydrogen) atoms. The van der Waals surface area contributed by atoms with Crippen LogP contribution in [0.15, 0.2) is 121 Å². The zero-order valence-electron chi connectivity index (χ0n) is 63.0. The van der Waals surface area contributed by atoms with Gasteiger partial charge in [-0.3, -0.25) is 48.1 Å². The number of epoxide rings is 1. The highest BCUT2D eigenvalue weighted by Gasteiger charge is 2.74. The molecule has 4 aromatic carbocycles. The van der Waals surface area contributed by atoms with E-state index in [9.17, 15) is 34.2 Å². The maximum Gasteiger partial charge on any atom is 0.282 e. The van der Waals surface area contributed by atoms with Gasteiger partial charge in [0.25, 0.3) is 5.91 Å². The zero-order valence-corrected chi connectivity index (χ0v) is 63.7. The molecular formula is C80H115ClN10O14. The number of carbonyl (C=O) groups excluding carboxylic acids is 9. The predicted octanol–water partition coefficient (Wildman–Crippen LogP) is 1.21. The number of hydrogen-bond acceptors (Lipinski definition) is 15. The Morgan fingerprint density at radius 2 is 0.829 bits per heavy atom. The quantitative estimate of drug-likeness (QED) is 0.0223. The molecule has 4 fully saturated rings. The van der Waals surface area contributed by atoms with E-state index in [0.29, 0.717) is 44.7 Å². The first kappa shape index (κ1) is 84.6. The van der Waals surface area contributed by atoms with E-state index in [4.69, 9.17) is 14.2 Å². The molecule has 4 aromatic rings. The molecule has 8 amide bonds. The molecule has 24 nitrogen and oxygen atoms in total. The number of aliphatic hydroxyl groups is 2. The fourth-order valence-electron chi connectivity index (χ4n) is 14.9. The SMILES string of the molecule is CC(C)C[C@H](NC(=O)[C@H](CCc1ccccc1)NC(=O)CN1CCOCC1)C(=O)N[C@@H](Cc1ccccc1)C(=O)N[C@@H](CC(C)C)C1(O)C(C(=O)N[C@@H](CCc2ccccc2)C(=O)N[C@@H](CC(C)C)C(=O)N[C@@H](Cc2ccccc2)C(=O)N[C@@H](CC(C)C)C(=O)[C@@]2(C)CO2)[N+]2(CCOCC2)CC1(C)O.[Cl-]. The lowest BCUT2D eigenvalue weighted by atomic mass is 9.73. The number of rotatable bonds is 38. The first-order valence-corrected chi connectivity index (χ1v) is 37.4. The molecule has 4 aliphatic rings. The second-order valence-corrected chi connectivity index (χ2v) is 31.2. The number of Topliss-reactive ketones (excluding diaryl/α,β-unsaturated/α-hetero) is 1. The Kier molecular flexibility index (Phi) is 31.6. The summed E-state index contributed by atoms with van der Waals surface area (Å²) in [7, 11) is 0. The monoisotopic (exact) mass is 1470 g/mol. The van der Waals surface area contributed by atoms with Crippen LogP contribution in [0.5, 0.6) is 0 Å². The lowest BCUT2D eigenvalue weighted by molar-refractivity contribution is -0.942. The van der Waals surface area contributed by atoms with E-state index in [1.165, 1.54) is 6.92 Å². The third-order valence-corrected chi connectivity index (χ3v) is 20.4. The number of nitrogens with one attached hydrogen (secondary N) is 8. The van der Waals surface area contributed by atoms with Gasteiger partial charge in [-0.15, -0.1) is 0 Å². The van der Waals surface area contributed by atoms with Crippen LogP contribution in [0.3, 0.4) is 0 Å². The standard InChI is InChI=1S/C80H114N10O14.ClH/c1-52(2)43-62(70(92)78(9)51-104-78)83-75(97)65(47-58-27-19-13-20-28-58)86-73(95)64(45-54(5)6)85-72(94)61(34-32-57-25-17-12-18-26-57)82-77(99)69-80(101,79(10,100)50-90(69)37-41-103-42-38-90)67(46-55(7)8)88-76(98)66(48-59-29-21-14-22-30-59)87-74(96)63(44-53(3)4)84-71(93)60(33-31-56-23-15-11-16-24-56)81-68(91)49-89-35-39-102-40-36-89;/h11-30,52-55,60-67,69,100-101H,31-51H2,1-10H3,(H7-,81,82,83,84,85,86,87,88,91,93,94,95,96,97,98,99);1H/t60-,61-,62-,63-,64-,65-,66-,67-,69?,78+,79?,80?;/m0./s1. The Hall–Kier alpha value is -7.68. The molecule has 0 saturated carbocycles. The van der Waals surface area contributed by atoms with Gasteiger partial charge in [-0.05, 0) is 111 Å². The van der Waals surface area contributed by atoms with Crippen LogP contribution in [0.1, 0.15) is 130 Å². The van der Waals surface area contributed by atoms with E-state index in [1.807, 2.05) is 157 Å². The lowest BCUT2D eigenvalue weighted by Crippen LogP contribution is -3.00. The van der Waals surface area contributed by atoms with E-state index in [0.717, 1.165) is 16.7 Å². The van der Waals surface area contributed by atoms with Gasteiger partial charge in [0.1, 0.15) is 67.1 Å². The van der Waals surface area contributed by atoms with Crippen LogP contribution < -0.4 is 54.9 Å². The normalized spacial score (nSPS) is 22.2. The first-order chi connectivity index (χ1) is 49.5. The van der Waals surface area contributed by atoms with Gasteiger partial charge in [0.05, 0.1) is 51.7 Å². The minimum absolute atomic E-state index is 0. The minimum atomic E-state index is -2.51. The van der Waals surface area contributed by atoms with Crippen LogP contribution in [-0.2, 0) is 83.0 Å². The number of nitrogens with zero attached hydrogens (tertiary/aromatic N) is 2. The van der Waals surface area contributed by atoms with Crippen molar-refractivity contribution in [3.05, 3.63) is 144 Å². The summed E-state index contributed by atoms with van der Waals surface area (Å²) in [4.78, 5) is 136. The Bertz CT molecular complexity index is 3480. The van der Waals surface area contributed by atoms with E-state index in [1.54, 1.807) is 31.2 Å². The molecular weight excluding hydrogens is 1360 g/mol. The molecule has 4 heterocycles. The number of aryl methyl sites for hydroxylation is 2. The topological polar surface area (TPSA) is 325 Å². The van der Waals surface area contributed by atoms with Gasteiger partial charge in [0.2, 0.25) is 47.4 Å². The molecule has 0 bridgehead atoms. The first-order valence-electron chi connectivity index (χ1n) is 37.4. The van der Waals surface area contributed by atoms with Crippen LogP contribution in [0.4, 0.5) is 0 Å². The third kappa shape index (κ3) is 24.2. The summed E-state index contributed by atoms with van der Waals surface area (Å²) in [6.07, 6.45) is 1.49. The van der Waals surface area contributed by atoms with E-state index in [-0.39, 0.29) is 150 Å². The van der Waals surface area contributed by atoms with Crippen molar-refractivity contribution in [1.29, 1.82) is 0 Å². The molecule has 576 valence electrons. The van der Waals surface area contributed by atoms with Gasteiger partial charge in [-0.1, -0.05) is 177 Å². The Morgan fingerprint density at radius 1 is 0.467 bits per heavy atom. The Labute approximate surface area is 626 Å². The van der Waals surface area contributed by atoms with Crippen molar-refractivity contribution in [3.8, 4) is 0 Å². The summed E-state index contributed by atoms with van der Waals surface area (Å²) < 4.78 is 16.7. The fraction of sp³-hybridized carbons (Fsp3) is 0.588. The number of ether oxygens (including phenoxy) is 3. The summed E-state index contributed by atoms with van der Waals surface area (Å²) in [5.74, 6) is -6.11. The van der Waals surface area contributed by atoms with Crippen molar-refractivity contribution < 1.29 is 84.5 Å². The van der Waals surface area contributed by atoms with E-state index in [2.05, 4.69) is 42.5 Å². The van der Waals surface area contributed by atoms with Crippen molar-refractivity contribution >= 4 is 53.0 Å². The zero-order chi connectivity index (χ0) is 75.4. The number of halogens is 1. The largest absolute Gasteiger partial charge is 1.00 e. The number of morpholine rings is 2. The number of hydrogen-bond donors (Lipinski definition) is 10. The molecule has 0 radical (unpaired) electrons. The number of amides is 8. The smallest absolute Gasteiger partial charge is 0.282 e. The highest BCUT2D eigenvalue weighted by atomic mass is 35.5. The van der Waals surface area contributed by atoms with E-state index < -0.39 is 113 Å². The maximum absolute atomic E-state index is 16.2. The molecule has 25 heteroatoms. The molecule has 0 aromatic heterocycles. The molecule has 12 atom stereocenters. The summed E-state index contributed by atoms with van der Waals surface area (Å²) in [5, 5.41) is 51.1. The average Bonchev–Trinajstić information content (AvgIpc) is 1.54. The number of quaternary nitrogens is 1. The number of benzene rings is 4. The molecule has 4 saturated heterocycles. The van der Waals surface area contributed by atoms with Crippen molar-refractivity contribution in [2.75, 3.05) is 72.3 Å². The lowest BCUT2D eigenvalue weighted by Gasteiger charge is -2.46. The highest BCUT2D eigenvalue weighted by molar-refractivity contribution is 5.99. The molecule has 4 aliphatic heterocycles. The van der Waals surface area contributed by atoms with Gasteiger partial charge in [-0.25, -0.2) is 0 Å². The molecule has 10 N–H and O–H groups in total. The van der Waals surface area contributed by atoms with Gasteiger partial charge in [-0.2, -0.15) is 0 Å². The molecule has 0 aliphatic carbocycles. The summed E-state index contributed by atoms with van der Waals surface area (Å²) in [6.45, 7) is 21.0. The maximum atomic E-state index is 16.2. The highest BCUT2D eigenvalue weighted by Crippen LogP contribution is 2.47. The summed E-state index contributed by atoms with van der Waals surface area (Å²) in [6, 6.07) is 25.6. The van der Waals surface area contributed by atoms with E-state index >= 15 is 19.2 Å². The minimum Gasteiger partial charge on any atom is -1.00 e. The summed E-state index contributed by atoms with van der Waals surface area (Å²) >= 11 is 0. The van der Waals surface area contributed by atoms with Crippen molar-refractivity contribution in [2.45, 2.75) is 205 Å². The van der Waals surface area contributed by atoms with Crippen molar-refractivity contribution in [1.82, 2.24) is 47.4 Å². The van der Waals surface area contributed by atoms with Crippen molar-refractivity contribution in [3.63, 3.8) is 0 Å². The van der Waals surface area contributed by atoms with Gasteiger partial charge >= 0.3 is 0 Å². The van der Waals surface area contributed by atoms with Gasteiger partial charge < -0.3 is 83.8 Å². The van der Waals surface area contributed by atoms with Crippen molar-refractivity contribution in [2.24, 2.45) is 23.7 Å². The molecule has 3 unspecified atom stereocenters. The summed E-state index contributed by atoms with van der Waals surface area (Å²) in [5.41, 5.74) is -2.51. The van der Waals surface area contributed by atoms with Gasteiger partial charge in [0.15, 0.2) is 11.4 Å². The van der Waals surface area contributed by atoms with Crippen LogP contribution in [0.2, 0.25) is 0 Å². The Morgan fingerprint density at radius 3 is 1.26 bits per heavy atom. The van der Waals surface area contributed by atoms with Gasteiger partial charge in [0, 0.05) is 25.9 Å². The average molecular weight is 1480 g/mol. The molecule has 8 rings (SSSR count). The Balaban J connectivity index is 0.0000154. The number of ketones is 1. The van der Waals surface area contributed by atoms with Crippen LogP contribution in [-0.4, -0.2) is 216 Å². The third-order valence-electron chi connectivity index (χ3n) is 20.4. The second-order valence-electron chi connectivity index (χ2n) is 31.2. The van der Waals surface area contributed by atoms with Crippen LogP contribution in [0.25, 0.3) is 0 Å². The predicted molar refractivity (Wildman–Crippen MR) is 395 cm³/mol.